The Bertz CT molecular complexity index is 795. The number of methoxy groups -OCH3 is 1. The van der Waals surface area contributed by atoms with Crippen molar-refractivity contribution < 1.29 is 9.26 Å². The topological polar surface area (TPSA) is 61.3 Å². The minimum atomic E-state index is 0.318. The van der Waals surface area contributed by atoms with Crippen molar-refractivity contribution in [2.24, 2.45) is 0 Å². The van der Waals surface area contributed by atoms with Crippen LogP contribution in [0.4, 0.5) is 5.82 Å². The molecule has 4 nitrogen and oxygen atoms in total. The quantitative estimate of drug-likeness (QED) is 0.764. The molecule has 6 heteroatoms. The minimum absolute atomic E-state index is 0.318. The molecule has 0 aliphatic heterocycles. The molecule has 21 heavy (non-hydrogen) atoms. The molecule has 0 amide bonds. The maximum absolute atomic E-state index is 6.11. The number of nitrogen functional groups attached to an aromatic ring is 1. The molecule has 0 aliphatic carbocycles. The molecule has 0 bridgehead atoms. The van der Waals surface area contributed by atoms with Gasteiger partial charge >= 0.3 is 0 Å². The molecule has 0 saturated carbocycles. The summed E-state index contributed by atoms with van der Waals surface area (Å²) in [4.78, 5) is 0.997. The second kappa shape index (κ2) is 5.42. The van der Waals surface area contributed by atoms with Gasteiger partial charge in [-0.25, -0.2) is 0 Å². The Kier molecular flexibility index (Phi) is 3.61. The average molecular weight is 321 g/mol. The van der Waals surface area contributed by atoms with E-state index >= 15 is 0 Å². The molecule has 0 unspecified atom stereocenters. The number of hydrogen-bond donors (Lipinski definition) is 1. The highest BCUT2D eigenvalue weighted by atomic mass is 35.5. The number of rotatable bonds is 3. The molecular formula is C15H13ClN2O2S. The van der Waals surface area contributed by atoms with E-state index < -0.39 is 0 Å². The van der Waals surface area contributed by atoms with Crippen molar-refractivity contribution in [2.45, 2.75) is 6.92 Å². The van der Waals surface area contributed by atoms with Gasteiger partial charge in [-0.1, -0.05) is 16.8 Å². The average Bonchev–Trinajstić information content (AvgIpc) is 3.04. The Morgan fingerprint density at radius 3 is 2.81 bits per heavy atom. The van der Waals surface area contributed by atoms with Crippen LogP contribution in [0.3, 0.4) is 0 Å². The van der Waals surface area contributed by atoms with E-state index in [1.54, 1.807) is 36.6 Å². The van der Waals surface area contributed by atoms with Crippen molar-refractivity contribution in [3.05, 3.63) is 40.2 Å². The van der Waals surface area contributed by atoms with E-state index in [1.165, 1.54) is 0 Å². The van der Waals surface area contributed by atoms with Gasteiger partial charge in [0.2, 0.25) is 0 Å². The predicted molar refractivity (Wildman–Crippen MR) is 86.0 cm³/mol. The van der Waals surface area contributed by atoms with Gasteiger partial charge in [-0.2, -0.15) is 0 Å². The van der Waals surface area contributed by atoms with Gasteiger partial charge in [0.25, 0.3) is 0 Å². The Balaban J connectivity index is 2.27. The number of nitrogens with two attached hydrogens (primary N) is 1. The number of aromatic nitrogens is 1. The smallest absolute Gasteiger partial charge is 0.187 e. The number of halogens is 1. The third-order valence-corrected chi connectivity index (χ3v) is 4.47. The Hall–Kier alpha value is -1.98. The van der Waals surface area contributed by atoms with Crippen molar-refractivity contribution >= 4 is 28.8 Å². The van der Waals surface area contributed by atoms with E-state index in [1.807, 2.05) is 18.4 Å². The fourth-order valence-electron chi connectivity index (χ4n) is 2.20. The SMILES string of the molecule is COc1ccc(Cl)cc1-c1c(N)noc1-c1sccc1C. The van der Waals surface area contributed by atoms with E-state index in [9.17, 15) is 0 Å². The lowest BCUT2D eigenvalue weighted by molar-refractivity contribution is 0.416. The molecule has 0 fully saturated rings. The van der Waals surface area contributed by atoms with Crippen LogP contribution in [0.25, 0.3) is 21.8 Å². The van der Waals surface area contributed by atoms with E-state index in [4.69, 9.17) is 26.6 Å². The summed E-state index contributed by atoms with van der Waals surface area (Å²) in [6, 6.07) is 7.40. The maximum atomic E-state index is 6.11. The van der Waals surface area contributed by atoms with E-state index in [2.05, 4.69) is 5.16 Å². The predicted octanol–water partition coefficient (Wildman–Crippen LogP) is 4.62. The summed E-state index contributed by atoms with van der Waals surface area (Å²) < 4.78 is 10.9. The van der Waals surface area contributed by atoms with Gasteiger partial charge in [-0.3, -0.25) is 0 Å². The fourth-order valence-corrected chi connectivity index (χ4v) is 3.28. The number of aryl methyl sites for hydroxylation is 1. The highest BCUT2D eigenvalue weighted by Crippen LogP contribution is 2.44. The number of benzene rings is 1. The van der Waals surface area contributed by atoms with Crippen LogP contribution in [0.2, 0.25) is 5.02 Å². The van der Waals surface area contributed by atoms with E-state index in [0.29, 0.717) is 27.9 Å². The number of anilines is 1. The molecule has 2 N–H and O–H groups in total. The lowest BCUT2D eigenvalue weighted by Crippen LogP contribution is -1.92. The first-order chi connectivity index (χ1) is 10.1. The van der Waals surface area contributed by atoms with Crippen molar-refractivity contribution in [3.8, 4) is 27.5 Å². The Morgan fingerprint density at radius 2 is 2.14 bits per heavy atom. The Labute approximate surface area is 131 Å². The standard InChI is InChI=1S/C15H13ClN2O2S/c1-8-5-6-21-14(8)13-12(15(17)18-20-13)10-7-9(16)3-4-11(10)19-2/h3-7H,1-2H3,(H2,17,18). The first-order valence-electron chi connectivity index (χ1n) is 6.25. The van der Waals surface area contributed by atoms with Gasteiger partial charge < -0.3 is 15.0 Å². The van der Waals surface area contributed by atoms with Gasteiger partial charge in [0, 0.05) is 10.6 Å². The number of thiophene rings is 1. The number of hydrogen-bond acceptors (Lipinski definition) is 5. The highest BCUT2D eigenvalue weighted by molar-refractivity contribution is 7.13. The third kappa shape index (κ3) is 2.39. The van der Waals surface area contributed by atoms with Gasteiger partial charge in [0.05, 0.1) is 17.6 Å². The van der Waals surface area contributed by atoms with Gasteiger partial charge in [0.1, 0.15) is 5.75 Å². The second-order valence-corrected chi connectivity index (χ2v) is 5.90. The molecule has 1 aromatic carbocycles. The largest absolute Gasteiger partial charge is 0.496 e. The summed E-state index contributed by atoms with van der Waals surface area (Å²) in [6.07, 6.45) is 0. The highest BCUT2D eigenvalue weighted by Gasteiger charge is 2.22. The molecule has 0 saturated heterocycles. The normalized spacial score (nSPS) is 10.8. The summed E-state index contributed by atoms with van der Waals surface area (Å²) in [5.41, 5.74) is 8.59. The fraction of sp³-hybridized carbons (Fsp3) is 0.133. The molecule has 0 aliphatic rings. The van der Waals surface area contributed by atoms with Crippen LogP contribution in [0.5, 0.6) is 5.75 Å². The molecular weight excluding hydrogens is 308 g/mol. The van der Waals surface area contributed by atoms with E-state index in [0.717, 1.165) is 16.0 Å². The number of nitrogens with zero attached hydrogens (tertiary/aromatic N) is 1. The van der Waals surface area contributed by atoms with Crippen LogP contribution in [0.1, 0.15) is 5.56 Å². The van der Waals surface area contributed by atoms with Crippen molar-refractivity contribution in [1.29, 1.82) is 0 Å². The van der Waals surface area contributed by atoms with Crippen molar-refractivity contribution in [3.63, 3.8) is 0 Å². The molecule has 3 rings (SSSR count). The molecule has 2 aromatic heterocycles. The summed E-state index contributed by atoms with van der Waals surface area (Å²) in [5, 5.41) is 6.51. The van der Waals surface area contributed by atoms with Crippen molar-refractivity contribution in [1.82, 2.24) is 5.16 Å². The van der Waals surface area contributed by atoms with Crippen LogP contribution in [0.15, 0.2) is 34.2 Å². The first kappa shape index (κ1) is 14.0. The molecule has 0 radical (unpaired) electrons. The molecule has 0 spiro atoms. The first-order valence-corrected chi connectivity index (χ1v) is 7.51. The van der Waals surface area contributed by atoms with Gasteiger partial charge in [0.15, 0.2) is 11.6 Å². The van der Waals surface area contributed by atoms with Gasteiger partial charge in [-0.15, -0.1) is 11.3 Å². The second-order valence-electron chi connectivity index (χ2n) is 4.55. The maximum Gasteiger partial charge on any atom is 0.187 e. The van der Waals surface area contributed by atoms with E-state index in [-0.39, 0.29) is 0 Å². The molecule has 0 atom stereocenters. The summed E-state index contributed by atoms with van der Waals surface area (Å²) in [5.74, 6) is 1.63. The van der Waals surface area contributed by atoms with Crippen molar-refractivity contribution in [2.75, 3.05) is 12.8 Å². The summed E-state index contributed by atoms with van der Waals surface area (Å²) >= 11 is 7.69. The zero-order chi connectivity index (χ0) is 15.0. The minimum Gasteiger partial charge on any atom is -0.496 e. The van der Waals surface area contributed by atoms with Crippen LogP contribution >= 0.6 is 22.9 Å². The summed E-state index contributed by atoms with van der Waals surface area (Å²) in [7, 11) is 1.60. The molecule has 108 valence electrons. The summed E-state index contributed by atoms with van der Waals surface area (Å²) in [6.45, 7) is 2.02. The lowest BCUT2D eigenvalue weighted by Gasteiger charge is -2.09. The van der Waals surface area contributed by atoms with Gasteiger partial charge in [-0.05, 0) is 42.1 Å². The van der Waals surface area contributed by atoms with Crippen LogP contribution < -0.4 is 10.5 Å². The van der Waals surface area contributed by atoms with Crippen LogP contribution in [-0.4, -0.2) is 12.3 Å². The molecule has 2 heterocycles. The molecule has 3 aromatic rings. The third-order valence-electron chi connectivity index (χ3n) is 3.22. The zero-order valence-corrected chi connectivity index (χ0v) is 13.1. The van der Waals surface area contributed by atoms with Crippen LogP contribution in [-0.2, 0) is 0 Å². The zero-order valence-electron chi connectivity index (χ0n) is 11.5. The number of ether oxygens (including phenoxy) is 1. The Morgan fingerprint density at radius 1 is 1.33 bits per heavy atom. The lowest BCUT2D eigenvalue weighted by atomic mass is 10.0. The monoisotopic (exact) mass is 320 g/mol. The van der Waals surface area contributed by atoms with Crippen LogP contribution in [0, 0.1) is 6.92 Å².